The molecule has 4 heteroatoms. The first-order valence-electron chi connectivity index (χ1n) is 4.90. The number of hydrogen-bond donors (Lipinski definition) is 0. The fourth-order valence-electron chi connectivity index (χ4n) is 1.52. The number of aromatic nitrogens is 2. The normalized spacial score (nSPS) is 11.1. The second-order valence-electron chi connectivity index (χ2n) is 3.37. The van der Waals surface area contributed by atoms with Gasteiger partial charge in [0, 0.05) is 13.1 Å². The molecule has 16 heavy (non-hydrogen) atoms. The molecule has 4 nitrogen and oxygen atoms in total. The topological polar surface area (TPSA) is 44.1 Å². The van der Waals surface area contributed by atoms with Crippen LogP contribution >= 0.6 is 0 Å². The molecule has 0 unspecified atom stereocenters. The minimum absolute atomic E-state index is 0.382. The van der Waals surface area contributed by atoms with Gasteiger partial charge in [0.05, 0.1) is 18.1 Å². The first-order chi connectivity index (χ1) is 7.72. The number of esters is 1. The minimum atomic E-state index is -0.382. The van der Waals surface area contributed by atoms with E-state index < -0.39 is 0 Å². The molecule has 0 radical (unpaired) electrons. The number of carbonyl (C=O) groups excluding carboxylic acids is 1. The van der Waals surface area contributed by atoms with Gasteiger partial charge < -0.3 is 9.30 Å². The van der Waals surface area contributed by atoms with Gasteiger partial charge in [-0.15, -0.1) is 0 Å². The lowest BCUT2D eigenvalue weighted by atomic mass is 10.3. The van der Waals surface area contributed by atoms with Crippen LogP contribution in [0.15, 0.2) is 30.3 Å². The van der Waals surface area contributed by atoms with E-state index >= 15 is 0 Å². The Morgan fingerprint density at radius 1 is 1.44 bits per heavy atom. The van der Waals surface area contributed by atoms with Gasteiger partial charge in [0.1, 0.15) is 5.82 Å². The highest BCUT2D eigenvalue weighted by Crippen LogP contribution is 2.14. The van der Waals surface area contributed by atoms with Crippen LogP contribution in [0.4, 0.5) is 0 Å². The van der Waals surface area contributed by atoms with Crippen LogP contribution in [0.2, 0.25) is 0 Å². The predicted octanol–water partition coefficient (Wildman–Crippen LogP) is 1.76. The van der Waals surface area contributed by atoms with Crippen LogP contribution in [0.5, 0.6) is 0 Å². The standard InChI is InChI=1S/C12H12N2O2/c1-14-10-6-4-3-5-9(10)13-11(14)7-8-12(15)16-2/h3-8H,1-2H3. The number of imidazole rings is 1. The Kier molecular flexibility index (Phi) is 2.72. The third kappa shape index (κ3) is 1.82. The number of fused-ring (bicyclic) bond motifs is 1. The summed E-state index contributed by atoms with van der Waals surface area (Å²) < 4.78 is 6.45. The van der Waals surface area contributed by atoms with E-state index in [0.717, 1.165) is 16.9 Å². The van der Waals surface area contributed by atoms with E-state index in [-0.39, 0.29) is 5.97 Å². The number of carbonyl (C=O) groups is 1. The molecule has 0 atom stereocenters. The quantitative estimate of drug-likeness (QED) is 0.567. The fraction of sp³-hybridized carbons (Fsp3) is 0.167. The van der Waals surface area contributed by atoms with Crippen molar-refractivity contribution < 1.29 is 9.53 Å². The summed E-state index contributed by atoms with van der Waals surface area (Å²) in [6.45, 7) is 0. The van der Waals surface area contributed by atoms with Crippen LogP contribution in [-0.2, 0) is 16.6 Å². The summed E-state index contributed by atoms with van der Waals surface area (Å²) >= 11 is 0. The molecule has 0 spiro atoms. The Morgan fingerprint density at radius 3 is 2.88 bits per heavy atom. The number of para-hydroxylation sites is 2. The number of ether oxygens (including phenoxy) is 1. The second kappa shape index (κ2) is 4.18. The van der Waals surface area contributed by atoms with Crippen LogP contribution in [0.25, 0.3) is 17.1 Å². The summed E-state index contributed by atoms with van der Waals surface area (Å²) in [6.07, 6.45) is 3.01. The number of benzene rings is 1. The molecule has 0 saturated carbocycles. The van der Waals surface area contributed by atoms with Gasteiger partial charge in [-0.25, -0.2) is 9.78 Å². The third-order valence-corrected chi connectivity index (χ3v) is 2.39. The molecule has 2 aromatic rings. The van der Waals surface area contributed by atoms with Crippen LogP contribution in [0.3, 0.4) is 0 Å². The lowest BCUT2D eigenvalue weighted by Crippen LogP contribution is -1.95. The van der Waals surface area contributed by atoms with Gasteiger partial charge in [-0.3, -0.25) is 0 Å². The molecule has 1 heterocycles. The number of rotatable bonds is 2. The maximum Gasteiger partial charge on any atom is 0.330 e. The molecule has 0 fully saturated rings. The molecular weight excluding hydrogens is 204 g/mol. The summed E-state index contributed by atoms with van der Waals surface area (Å²) in [6, 6.07) is 7.81. The molecule has 0 bridgehead atoms. The lowest BCUT2D eigenvalue weighted by Gasteiger charge is -1.96. The van der Waals surface area contributed by atoms with E-state index in [0.29, 0.717) is 0 Å². The van der Waals surface area contributed by atoms with Crippen molar-refractivity contribution in [2.24, 2.45) is 7.05 Å². The molecular formula is C12H12N2O2. The molecule has 0 aliphatic heterocycles. The lowest BCUT2D eigenvalue weighted by molar-refractivity contribution is -0.134. The summed E-state index contributed by atoms with van der Waals surface area (Å²) in [5.74, 6) is 0.346. The third-order valence-electron chi connectivity index (χ3n) is 2.39. The van der Waals surface area contributed by atoms with E-state index in [9.17, 15) is 4.79 Å². The van der Waals surface area contributed by atoms with Crippen molar-refractivity contribution in [3.05, 3.63) is 36.2 Å². The molecule has 1 aromatic heterocycles. The Balaban J connectivity index is 2.42. The van der Waals surface area contributed by atoms with Crippen LogP contribution in [0, 0.1) is 0 Å². The van der Waals surface area contributed by atoms with Crippen LogP contribution in [0.1, 0.15) is 5.82 Å². The molecule has 0 aliphatic carbocycles. The molecule has 0 aliphatic rings. The monoisotopic (exact) mass is 216 g/mol. The smallest absolute Gasteiger partial charge is 0.330 e. The van der Waals surface area contributed by atoms with Gasteiger partial charge in [-0.05, 0) is 18.2 Å². The van der Waals surface area contributed by atoms with Gasteiger partial charge in [0.2, 0.25) is 0 Å². The average molecular weight is 216 g/mol. The van der Waals surface area contributed by atoms with E-state index in [1.54, 1.807) is 6.08 Å². The molecule has 0 amide bonds. The zero-order valence-electron chi connectivity index (χ0n) is 9.18. The summed E-state index contributed by atoms with van der Waals surface area (Å²) in [7, 11) is 3.26. The molecule has 0 N–H and O–H groups in total. The Morgan fingerprint density at radius 2 is 2.19 bits per heavy atom. The first-order valence-corrected chi connectivity index (χ1v) is 4.90. The van der Waals surface area contributed by atoms with Crippen molar-refractivity contribution in [2.45, 2.75) is 0 Å². The van der Waals surface area contributed by atoms with Crippen molar-refractivity contribution in [1.29, 1.82) is 0 Å². The van der Waals surface area contributed by atoms with Crippen molar-refractivity contribution in [1.82, 2.24) is 9.55 Å². The molecule has 1 aromatic carbocycles. The van der Waals surface area contributed by atoms with Crippen molar-refractivity contribution >= 4 is 23.1 Å². The molecule has 2 rings (SSSR count). The summed E-state index contributed by atoms with van der Waals surface area (Å²) in [5, 5.41) is 0. The number of methoxy groups -OCH3 is 1. The van der Waals surface area contributed by atoms with Crippen LogP contribution in [-0.4, -0.2) is 22.6 Å². The highest BCUT2D eigenvalue weighted by atomic mass is 16.5. The minimum Gasteiger partial charge on any atom is -0.466 e. The average Bonchev–Trinajstić information content (AvgIpc) is 2.64. The van der Waals surface area contributed by atoms with Gasteiger partial charge in [0.25, 0.3) is 0 Å². The maximum absolute atomic E-state index is 11.0. The fourth-order valence-corrected chi connectivity index (χ4v) is 1.52. The van der Waals surface area contributed by atoms with Crippen molar-refractivity contribution in [3.63, 3.8) is 0 Å². The predicted molar refractivity (Wildman–Crippen MR) is 61.8 cm³/mol. The van der Waals surface area contributed by atoms with Gasteiger partial charge in [0.15, 0.2) is 0 Å². The van der Waals surface area contributed by atoms with Gasteiger partial charge in [-0.1, -0.05) is 12.1 Å². The highest BCUT2D eigenvalue weighted by Gasteiger charge is 2.04. The van der Waals surface area contributed by atoms with E-state index in [4.69, 9.17) is 0 Å². The zero-order valence-corrected chi connectivity index (χ0v) is 9.18. The number of hydrogen-bond acceptors (Lipinski definition) is 3. The van der Waals surface area contributed by atoms with E-state index in [1.807, 2.05) is 35.9 Å². The zero-order chi connectivity index (χ0) is 11.5. The second-order valence-corrected chi connectivity index (χ2v) is 3.37. The Labute approximate surface area is 93.2 Å². The van der Waals surface area contributed by atoms with Crippen molar-refractivity contribution in [2.75, 3.05) is 7.11 Å². The summed E-state index contributed by atoms with van der Waals surface area (Å²) in [5.41, 5.74) is 1.95. The maximum atomic E-state index is 11.0. The van der Waals surface area contributed by atoms with Gasteiger partial charge in [-0.2, -0.15) is 0 Å². The first kappa shape index (κ1) is 10.4. The number of nitrogens with zero attached hydrogens (tertiary/aromatic N) is 2. The largest absolute Gasteiger partial charge is 0.466 e. The molecule has 82 valence electrons. The Bertz CT molecular complexity index is 555. The van der Waals surface area contributed by atoms with Gasteiger partial charge >= 0.3 is 5.97 Å². The SMILES string of the molecule is COC(=O)C=Cc1nc2ccccc2n1C. The highest BCUT2D eigenvalue weighted by molar-refractivity contribution is 5.87. The van der Waals surface area contributed by atoms with E-state index in [1.165, 1.54) is 13.2 Å². The van der Waals surface area contributed by atoms with Crippen molar-refractivity contribution in [3.8, 4) is 0 Å². The van der Waals surface area contributed by atoms with E-state index in [2.05, 4.69) is 9.72 Å². The Hall–Kier alpha value is -2.10. The van der Waals surface area contributed by atoms with Crippen LogP contribution < -0.4 is 0 Å². The molecule has 0 saturated heterocycles. The number of aryl methyl sites for hydroxylation is 1. The summed E-state index contributed by atoms with van der Waals surface area (Å²) in [4.78, 5) is 15.4.